The maximum absolute atomic E-state index is 13.4. The molecule has 1 aliphatic rings. The fourth-order valence-corrected chi connectivity index (χ4v) is 5.61. The normalized spacial score (nSPS) is 17.1. The standard InChI is InChI=1S/C30H28ClN5O2/c1-4-27(37)19-6-9-23-26(14-19)36(17-32-23)20-7-8-21(22(31)15-20)29(38)34-30(3)12-11-28-33-24-13-18(2)5-10-25(24)35(28)16-30/h5-10,13-15,17H,4,11-12,16H2,1-3H3,(H,34,38)/t30-/m1/s1. The maximum Gasteiger partial charge on any atom is 0.253 e. The van der Waals surface area contributed by atoms with Crippen molar-refractivity contribution in [3.63, 3.8) is 0 Å². The van der Waals surface area contributed by atoms with Crippen molar-refractivity contribution >= 4 is 45.4 Å². The SMILES string of the molecule is CCC(=O)c1ccc2ncn(-c3ccc(C(=O)N[C@]4(C)CCc5nc6cc(C)ccc6n5C4)c(Cl)c3)c2c1. The van der Waals surface area contributed by atoms with Crippen LogP contribution in [0.2, 0.25) is 5.02 Å². The lowest BCUT2D eigenvalue weighted by Gasteiger charge is -2.35. The first kappa shape index (κ1) is 24.4. The number of carbonyl (C=O) groups is 2. The summed E-state index contributed by atoms with van der Waals surface area (Å²) in [6.45, 7) is 6.63. The van der Waals surface area contributed by atoms with E-state index in [2.05, 4.69) is 46.9 Å². The predicted octanol–water partition coefficient (Wildman–Crippen LogP) is 6.06. The molecule has 38 heavy (non-hydrogen) atoms. The maximum atomic E-state index is 13.4. The molecule has 1 aliphatic heterocycles. The number of hydrogen-bond donors (Lipinski definition) is 1. The van der Waals surface area contributed by atoms with Crippen molar-refractivity contribution in [1.29, 1.82) is 0 Å². The number of aryl methyl sites for hydroxylation is 2. The van der Waals surface area contributed by atoms with Gasteiger partial charge in [0.1, 0.15) is 12.2 Å². The van der Waals surface area contributed by atoms with Gasteiger partial charge in [-0.1, -0.05) is 24.6 Å². The average Bonchev–Trinajstić information content (AvgIpc) is 3.47. The summed E-state index contributed by atoms with van der Waals surface area (Å²) in [4.78, 5) is 34.9. The van der Waals surface area contributed by atoms with E-state index < -0.39 is 5.54 Å². The highest BCUT2D eigenvalue weighted by Crippen LogP contribution is 2.30. The van der Waals surface area contributed by atoms with Crippen LogP contribution in [0.1, 0.15) is 58.8 Å². The minimum absolute atomic E-state index is 0.0758. The van der Waals surface area contributed by atoms with Gasteiger partial charge in [-0.15, -0.1) is 0 Å². The van der Waals surface area contributed by atoms with Crippen molar-refractivity contribution in [2.24, 2.45) is 0 Å². The van der Waals surface area contributed by atoms with Gasteiger partial charge in [0.25, 0.3) is 5.91 Å². The van der Waals surface area contributed by atoms with Crippen LogP contribution in [0, 0.1) is 6.92 Å². The van der Waals surface area contributed by atoms with Crippen molar-refractivity contribution < 1.29 is 9.59 Å². The van der Waals surface area contributed by atoms with Crippen molar-refractivity contribution in [2.45, 2.75) is 52.1 Å². The van der Waals surface area contributed by atoms with E-state index in [9.17, 15) is 9.59 Å². The molecule has 0 saturated carbocycles. The van der Waals surface area contributed by atoms with E-state index in [1.165, 1.54) is 5.56 Å². The second-order valence-corrected chi connectivity index (χ2v) is 10.8. The molecule has 1 atom stereocenters. The van der Waals surface area contributed by atoms with Gasteiger partial charge in [0, 0.05) is 30.6 Å². The van der Waals surface area contributed by atoms with E-state index in [0.29, 0.717) is 29.1 Å². The molecule has 1 N–H and O–H groups in total. The zero-order valence-corrected chi connectivity index (χ0v) is 22.3. The number of rotatable bonds is 5. The van der Waals surface area contributed by atoms with Crippen LogP contribution in [0.5, 0.6) is 0 Å². The second-order valence-electron chi connectivity index (χ2n) is 10.4. The minimum Gasteiger partial charge on any atom is -0.345 e. The number of benzene rings is 3. The molecular formula is C30H28ClN5O2. The van der Waals surface area contributed by atoms with Crippen LogP contribution in [0.15, 0.2) is 60.9 Å². The van der Waals surface area contributed by atoms with Crippen LogP contribution in [-0.2, 0) is 13.0 Å². The molecule has 0 spiro atoms. The lowest BCUT2D eigenvalue weighted by molar-refractivity contribution is 0.0883. The van der Waals surface area contributed by atoms with Crippen LogP contribution in [0.25, 0.3) is 27.8 Å². The smallest absolute Gasteiger partial charge is 0.253 e. The van der Waals surface area contributed by atoms with E-state index in [-0.39, 0.29) is 11.7 Å². The number of ketones is 1. The lowest BCUT2D eigenvalue weighted by atomic mass is 9.91. The summed E-state index contributed by atoms with van der Waals surface area (Å²) < 4.78 is 4.09. The van der Waals surface area contributed by atoms with Gasteiger partial charge in [0.2, 0.25) is 0 Å². The fourth-order valence-electron chi connectivity index (χ4n) is 5.35. The Balaban J connectivity index is 1.26. The third kappa shape index (κ3) is 4.17. The Labute approximate surface area is 225 Å². The van der Waals surface area contributed by atoms with Gasteiger partial charge in [-0.3, -0.25) is 14.2 Å². The number of hydrogen-bond acceptors (Lipinski definition) is 4. The Morgan fingerprint density at radius 3 is 2.68 bits per heavy atom. The number of nitrogens with one attached hydrogen (secondary N) is 1. The third-order valence-corrected chi connectivity index (χ3v) is 7.78. The Kier molecular flexibility index (Phi) is 5.83. The molecular weight excluding hydrogens is 498 g/mol. The zero-order chi connectivity index (χ0) is 26.6. The molecule has 0 radical (unpaired) electrons. The number of carbonyl (C=O) groups excluding carboxylic acids is 2. The van der Waals surface area contributed by atoms with Gasteiger partial charge >= 0.3 is 0 Å². The molecule has 0 bridgehead atoms. The number of nitrogens with zero attached hydrogens (tertiary/aromatic N) is 4. The highest BCUT2D eigenvalue weighted by molar-refractivity contribution is 6.34. The molecule has 3 heterocycles. The van der Waals surface area contributed by atoms with Crippen LogP contribution >= 0.6 is 11.6 Å². The molecule has 0 saturated heterocycles. The van der Waals surface area contributed by atoms with Gasteiger partial charge in [0.05, 0.1) is 38.2 Å². The molecule has 1 amide bonds. The van der Waals surface area contributed by atoms with Crippen LogP contribution in [0.4, 0.5) is 0 Å². The van der Waals surface area contributed by atoms with E-state index >= 15 is 0 Å². The molecule has 0 unspecified atom stereocenters. The first-order chi connectivity index (χ1) is 18.2. The number of imidazole rings is 2. The molecule has 8 heteroatoms. The molecule has 7 nitrogen and oxygen atoms in total. The van der Waals surface area contributed by atoms with E-state index in [1.807, 2.05) is 29.7 Å². The van der Waals surface area contributed by atoms with Gasteiger partial charge in [-0.2, -0.15) is 0 Å². The summed E-state index contributed by atoms with van der Waals surface area (Å²) in [7, 11) is 0. The monoisotopic (exact) mass is 525 g/mol. The van der Waals surface area contributed by atoms with Crippen molar-refractivity contribution in [3.05, 3.63) is 88.5 Å². The van der Waals surface area contributed by atoms with E-state index in [0.717, 1.165) is 46.4 Å². The Bertz CT molecular complexity index is 1750. The summed E-state index contributed by atoms with van der Waals surface area (Å²) in [5, 5.41) is 3.59. The number of aromatic nitrogens is 4. The Hall–Kier alpha value is -3.97. The second kappa shape index (κ2) is 9.10. The first-order valence-electron chi connectivity index (χ1n) is 12.8. The number of fused-ring (bicyclic) bond motifs is 4. The third-order valence-electron chi connectivity index (χ3n) is 7.47. The topological polar surface area (TPSA) is 81.8 Å². The van der Waals surface area contributed by atoms with E-state index in [1.54, 1.807) is 24.5 Å². The van der Waals surface area contributed by atoms with Gasteiger partial charge in [0.15, 0.2) is 5.78 Å². The number of halogens is 1. The first-order valence-corrected chi connectivity index (χ1v) is 13.2. The van der Waals surface area contributed by atoms with Crippen molar-refractivity contribution in [3.8, 4) is 5.69 Å². The van der Waals surface area contributed by atoms with Crippen LogP contribution < -0.4 is 5.32 Å². The summed E-state index contributed by atoms with van der Waals surface area (Å²) in [6.07, 6.45) is 3.71. The van der Waals surface area contributed by atoms with Crippen molar-refractivity contribution in [1.82, 2.24) is 24.4 Å². The highest BCUT2D eigenvalue weighted by Gasteiger charge is 2.33. The molecule has 2 aromatic heterocycles. The van der Waals surface area contributed by atoms with Crippen molar-refractivity contribution in [2.75, 3.05) is 0 Å². The Morgan fingerprint density at radius 1 is 1.05 bits per heavy atom. The number of amides is 1. The van der Waals surface area contributed by atoms with Gasteiger partial charge < -0.3 is 9.88 Å². The largest absolute Gasteiger partial charge is 0.345 e. The highest BCUT2D eigenvalue weighted by atomic mass is 35.5. The Morgan fingerprint density at radius 2 is 1.89 bits per heavy atom. The summed E-state index contributed by atoms with van der Waals surface area (Å²) in [5.74, 6) is 0.918. The molecule has 0 fully saturated rings. The van der Waals surface area contributed by atoms with Crippen LogP contribution in [0.3, 0.4) is 0 Å². The van der Waals surface area contributed by atoms with Gasteiger partial charge in [-0.25, -0.2) is 9.97 Å². The summed E-state index contributed by atoms with van der Waals surface area (Å²) in [5.41, 5.74) is 6.25. The molecule has 6 rings (SSSR count). The van der Waals surface area contributed by atoms with Crippen LogP contribution in [-0.4, -0.2) is 36.3 Å². The summed E-state index contributed by atoms with van der Waals surface area (Å²) >= 11 is 6.65. The quantitative estimate of drug-likeness (QED) is 0.282. The fraction of sp³-hybridized carbons (Fsp3) is 0.267. The minimum atomic E-state index is -0.437. The lowest BCUT2D eigenvalue weighted by Crippen LogP contribution is -2.51. The van der Waals surface area contributed by atoms with E-state index in [4.69, 9.17) is 16.6 Å². The molecule has 5 aromatic rings. The number of Topliss-reactive ketones (excluding diaryl/α,β-unsaturated/α-hetero) is 1. The predicted molar refractivity (Wildman–Crippen MR) is 149 cm³/mol. The molecule has 0 aliphatic carbocycles. The molecule has 192 valence electrons. The van der Waals surface area contributed by atoms with Gasteiger partial charge in [-0.05, 0) is 74.4 Å². The average molecular weight is 526 g/mol. The zero-order valence-electron chi connectivity index (χ0n) is 21.6. The summed E-state index contributed by atoms with van der Waals surface area (Å²) in [6, 6.07) is 17.1. The molecule has 3 aromatic carbocycles.